The van der Waals surface area contributed by atoms with E-state index in [2.05, 4.69) is 20.4 Å². The van der Waals surface area contributed by atoms with Gasteiger partial charge in [-0.1, -0.05) is 0 Å². The Bertz CT molecular complexity index is 1180. The van der Waals surface area contributed by atoms with E-state index in [9.17, 15) is 26.0 Å². The summed E-state index contributed by atoms with van der Waals surface area (Å²) in [6.07, 6.45) is -1.60. The Hall–Kier alpha value is -3.10. The third-order valence-electron chi connectivity index (χ3n) is 3.84. The van der Waals surface area contributed by atoms with Gasteiger partial charge in [-0.25, -0.2) is 27.9 Å². The van der Waals surface area contributed by atoms with Gasteiger partial charge in [-0.2, -0.15) is 18.3 Å². The summed E-state index contributed by atoms with van der Waals surface area (Å²) in [6, 6.07) is 2.44. The van der Waals surface area contributed by atoms with E-state index in [-0.39, 0.29) is 24.5 Å². The lowest BCUT2D eigenvalue weighted by molar-refractivity contribution is -0.137. The molecule has 1 aromatic carbocycles. The highest BCUT2D eigenvalue weighted by atomic mass is 32.2. The predicted molar refractivity (Wildman–Crippen MR) is 96.4 cm³/mol. The van der Waals surface area contributed by atoms with E-state index >= 15 is 0 Å². The van der Waals surface area contributed by atoms with Crippen LogP contribution in [0, 0.1) is 5.82 Å². The lowest BCUT2D eigenvalue weighted by Gasteiger charge is -2.15. The molecule has 3 aromatic rings. The minimum absolute atomic E-state index is 0.128. The van der Waals surface area contributed by atoms with Crippen LogP contribution in [0.4, 0.5) is 29.1 Å². The Kier molecular flexibility index (Phi) is 5.74. The number of aromatic nitrogens is 4. The normalized spacial score (nSPS) is 12.2. The summed E-state index contributed by atoms with van der Waals surface area (Å²) >= 11 is 0. The lowest BCUT2D eigenvalue weighted by Crippen LogP contribution is -2.14. The van der Waals surface area contributed by atoms with E-state index in [1.165, 1.54) is 17.1 Å². The van der Waals surface area contributed by atoms with Crippen molar-refractivity contribution in [1.82, 2.24) is 19.7 Å². The molecule has 9 nitrogen and oxygen atoms in total. The second-order valence-corrected chi connectivity index (χ2v) is 7.54. The molecular weight excluding hydrogens is 432 g/mol. The highest BCUT2D eigenvalue weighted by Crippen LogP contribution is 2.36. The van der Waals surface area contributed by atoms with Crippen LogP contribution < -0.4 is 10.5 Å². The molecule has 0 unspecified atom stereocenters. The maximum atomic E-state index is 14.3. The van der Waals surface area contributed by atoms with Crippen molar-refractivity contribution in [1.29, 1.82) is 0 Å². The number of nitrogens with one attached hydrogen (secondary N) is 1. The average molecular weight is 446 g/mol. The maximum Gasteiger partial charge on any atom is 0.421 e. The monoisotopic (exact) mass is 446 g/mol. The molecular formula is C16H14F4N6O3S. The van der Waals surface area contributed by atoms with Gasteiger partial charge in [-0.05, 0) is 18.2 Å². The molecule has 0 fully saturated rings. The van der Waals surface area contributed by atoms with Gasteiger partial charge in [0.25, 0.3) is 0 Å². The summed E-state index contributed by atoms with van der Waals surface area (Å²) in [7, 11) is -4.19. The number of halogens is 4. The Morgan fingerprint density at radius 3 is 2.57 bits per heavy atom. The second-order valence-electron chi connectivity index (χ2n) is 5.98. The fourth-order valence-corrected chi connectivity index (χ4v) is 2.95. The number of aliphatic hydroxyl groups is 1. The van der Waals surface area contributed by atoms with Crippen LogP contribution in [-0.2, 0) is 22.7 Å². The summed E-state index contributed by atoms with van der Waals surface area (Å²) in [5.74, 6) is -2.02. The Morgan fingerprint density at radius 1 is 1.23 bits per heavy atom. The summed E-state index contributed by atoms with van der Waals surface area (Å²) in [6.45, 7) is -0.0388. The Morgan fingerprint density at radius 2 is 1.97 bits per heavy atom. The van der Waals surface area contributed by atoms with Crippen molar-refractivity contribution < 1.29 is 31.1 Å². The van der Waals surface area contributed by atoms with Crippen LogP contribution in [0.25, 0.3) is 11.4 Å². The number of anilines is 2. The number of nitrogens with two attached hydrogens (primary N) is 1. The first-order valence-electron chi connectivity index (χ1n) is 8.16. The van der Waals surface area contributed by atoms with Gasteiger partial charge in [0.15, 0.2) is 5.82 Å². The number of primary sulfonamides is 1. The minimum atomic E-state index is -4.85. The van der Waals surface area contributed by atoms with Gasteiger partial charge >= 0.3 is 6.18 Å². The Balaban J connectivity index is 2.03. The van der Waals surface area contributed by atoms with E-state index in [0.717, 1.165) is 12.1 Å². The molecule has 0 aliphatic carbocycles. The number of nitrogens with zero attached hydrogens (tertiary/aromatic N) is 4. The smallest absolute Gasteiger partial charge is 0.394 e. The molecule has 14 heteroatoms. The van der Waals surface area contributed by atoms with Crippen LogP contribution in [0.2, 0.25) is 0 Å². The van der Waals surface area contributed by atoms with E-state index in [0.29, 0.717) is 12.3 Å². The summed E-state index contributed by atoms with van der Waals surface area (Å²) in [4.78, 5) is 6.97. The van der Waals surface area contributed by atoms with Gasteiger partial charge in [0, 0.05) is 12.4 Å². The first-order chi connectivity index (χ1) is 14.0. The molecule has 4 N–H and O–H groups in total. The molecule has 0 aliphatic heterocycles. The first kappa shape index (κ1) is 21.6. The van der Waals surface area contributed by atoms with Crippen molar-refractivity contribution in [3.63, 3.8) is 0 Å². The molecule has 0 saturated heterocycles. The highest BCUT2D eigenvalue weighted by molar-refractivity contribution is 7.89. The topological polar surface area (TPSA) is 136 Å². The number of aliphatic hydroxyl groups excluding tert-OH is 1. The molecule has 0 amide bonds. The molecule has 0 radical (unpaired) electrons. The number of alkyl halides is 3. The zero-order valence-corrected chi connectivity index (χ0v) is 15.7. The predicted octanol–water partition coefficient (Wildman–Crippen LogP) is 1.88. The van der Waals surface area contributed by atoms with Crippen LogP contribution in [0.3, 0.4) is 0 Å². The van der Waals surface area contributed by atoms with Crippen molar-refractivity contribution in [2.24, 2.45) is 5.14 Å². The molecule has 160 valence electrons. The largest absolute Gasteiger partial charge is 0.421 e. The number of hydrogen-bond donors (Lipinski definition) is 3. The quantitative estimate of drug-likeness (QED) is 0.492. The van der Waals surface area contributed by atoms with Crippen LogP contribution in [-0.4, -0.2) is 39.9 Å². The van der Waals surface area contributed by atoms with E-state index in [1.54, 1.807) is 0 Å². The molecule has 2 aromatic heterocycles. The molecule has 0 bridgehead atoms. The third kappa shape index (κ3) is 4.72. The standard InChI is InChI=1S/C16H14F4N6O3S/c17-12-5-10(30(21,28)29)1-2-13(12)24-15-11(16(18,19)20)7-22-14(25-15)9-6-23-26(8-9)3-4-27/h1-2,5-8,27H,3-4H2,(H2,21,28,29)(H,22,24,25). The van der Waals surface area contributed by atoms with Crippen molar-refractivity contribution in [3.8, 4) is 11.4 Å². The lowest BCUT2D eigenvalue weighted by atomic mass is 10.2. The van der Waals surface area contributed by atoms with Gasteiger partial charge in [-0.15, -0.1) is 0 Å². The van der Waals surface area contributed by atoms with Crippen molar-refractivity contribution in [2.45, 2.75) is 17.6 Å². The average Bonchev–Trinajstić information content (AvgIpc) is 3.10. The van der Waals surface area contributed by atoms with Gasteiger partial charge in [-0.3, -0.25) is 4.68 Å². The molecule has 0 aliphatic rings. The minimum Gasteiger partial charge on any atom is -0.394 e. The fourth-order valence-electron chi connectivity index (χ4n) is 2.43. The van der Waals surface area contributed by atoms with Crippen molar-refractivity contribution in [2.75, 3.05) is 11.9 Å². The number of rotatable bonds is 6. The van der Waals surface area contributed by atoms with Crippen LogP contribution in [0.5, 0.6) is 0 Å². The summed E-state index contributed by atoms with van der Waals surface area (Å²) in [5, 5.41) is 20.0. The van der Waals surface area contributed by atoms with Crippen molar-refractivity contribution in [3.05, 3.63) is 48.2 Å². The van der Waals surface area contributed by atoms with Gasteiger partial charge in [0.1, 0.15) is 17.2 Å². The molecule has 3 rings (SSSR count). The van der Waals surface area contributed by atoms with Crippen LogP contribution >= 0.6 is 0 Å². The third-order valence-corrected chi connectivity index (χ3v) is 4.75. The van der Waals surface area contributed by atoms with Crippen LogP contribution in [0.1, 0.15) is 5.56 Å². The SMILES string of the molecule is NS(=O)(=O)c1ccc(Nc2nc(-c3cnn(CCO)c3)ncc2C(F)(F)F)c(F)c1. The van der Waals surface area contributed by atoms with E-state index < -0.39 is 44.0 Å². The van der Waals surface area contributed by atoms with Crippen molar-refractivity contribution >= 4 is 21.5 Å². The van der Waals surface area contributed by atoms with Gasteiger partial charge in [0.2, 0.25) is 10.0 Å². The van der Waals surface area contributed by atoms with Gasteiger partial charge < -0.3 is 10.4 Å². The molecule has 0 atom stereocenters. The van der Waals surface area contributed by atoms with Crippen LogP contribution in [0.15, 0.2) is 41.7 Å². The second kappa shape index (κ2) is 7.97. The Labute approximate surface area is 167 Å². The zero-order chi connectivity index (χ0) is 22.1. The first-order valence-corrected chi connectivity index (χ1v) is 9.71. The number of sulfonamides is 1. The van der Waals surface area contributed by atoms with Gasteiger partial charge in [0.05, 0.1) is 35.5 Å². The highest BCUT2D eigenvalue weighted by Gasteiger charge is 2.35. The maximum absolute atomic E-state index is 14.3. The summed E-state index contributed by atoms with van der Waals surface area (Å²) < 4.78 is 78.3. The van der Waals surface area contributed by atoms with E-state index in [1.807, 2.05) is 0 Å². The molecule has 2 heterocycles. The summed E-state index contributed by atoms with van der Waals surface area (Å²) in [5.41, 5.74) is -1.44. The van der Waals surface area contributed by atoms with E-state index in [4.69, 9.17) is 10.2 Å². The number of hydrogen-bond acceptors (Lipinski definition) is 7. The number of benzene rings is 1. The molecule has 0 saturated carbocycles. The molecule has 0 spiro atoms. The fraction of sp³-hybridized carbons (Fsp3) is 0.188. The molecule has 30 heavy (non-hydrogen) atoms. The zero-order valence-electron chi connectivity index (χ0n) is 14.9.